The molecule has 1 N–H and O–H groups in total. The zero-order chi connectivity index (χ0) is 52.9. The fraction of sp³-hybridized carbons (Fsp3) is 0.742. The number of hydrogen-bond acceptors (Lipinski definition) is 7. The molecule has 0 aromatic carbocycles. The van der Waals surface area contributed by atoms with E-state index in [0.29, 0.717) is 23.9 Å². The molecule has 3 unspecified atom stereocenters. The van der Waals surface area contributed by atoms with Crippen LogP contribution in [0.1, 0.15) is 245 Å². The molecule has 0 aliphatic carbocycles. The average Bonchev–Trinajstić information content (AvgIpc) is 3.34. The largest absolute Gasteiger partial charge is 0.756 e. The first-order chi connectivity index (χ1) is 34.9. The van der Waals surface area contributed by atoms with Gasteiger partial charge in [-0.05, 0) is 96.0 Å². The Hall–Kier alpha value is -2.81. The zero-order valence-electron chi connectivity index (χ0n) is 47.4. The Balaban J connectivity index is 5.42. The minimum absolute atomic E-state index is 0.0350. The van der Waals surface area contributed by atoms with E-state index in [1.165, 1.54) is 116 Å². The molecule has 0 saturated heterocycles. The van der Waals surface area contributed by atoms with Gasteiger partial charge >= 0.3 is 5.97 Å². The van der Waals surface area contributed by atoms with E-state index in [0.717, 1.165) is 89.9 Å². The van der Waals surface area contributed by atoms with Gasteiger partial charge < -0.3 is 28.5 Å². The van der Waals surface area contributed by atoms with E-state index < -0.39 is 32.5 Å². The first-order valence-corrected chi connectivity index (χ1v) is 30.9. The lowest BCUT2D eigenvalue weighted by Gasteiger charge is -2.30. The van der Waals surface area contributed by atoms with Crippen LogP contribution in [0, 0.1) is 0 Å². The Morgan fingerprint density at radius 3 is 1.38 bits per heavy atom. The van der Waals surface area contributed by atoms with Crippen LogP contribution in [0.5, 0.6) is 0 Å². The van der Waals surface area contributed by atoms with Gasteiger partial charge in [0.15, 0.2) is 0 Å². The summed E-state index contributed by atoms with van der Waals surface area (Å²) in [5.74, 6) is -0.616. The lowest BCUT2D eigenvalue weighted by atomic mass is 10.0. The van der Waals surface area contributed by atoms with Gasteiger partial charge in [-0.3, -0.25) is 14.2 Å². The third kappa shape index (κ3) is 52.1. The number of allylic oxidation sites excluding steroid dienone is 13. The smallest absolute Gasteiger partial charge is 0.306 e. The molecule has 1 amide bonds. The second-order valence-electron chi connectivity index (χ2n) is 20.8. The molecule has 0 fully saturated rings. The monoisotopic (exact) mass is 1030 g/mol. The Morgan fingerprint density at radius 2 is 0.903 bits per heavy atom. The number of amides is 1. The molecule has 3 atom stereocenters. The summed E-state index contributed by atoms with van der Waals surface area (Å²) in [4.78, 5) is 39.9. The lowest BCUT2D eigenvalue weighted by Crippen LogP contribution is -2.47. The fourth-order valence-corrected chi connectivity index (χ4v) is 8.74. The number of nitrogens with zero attached hydrogens (tertiary/aromatic N) is 1. The van der Waals surface area contributed by atoms with Gasteiger partial charge in [0.05, 0.1) is 33.8 Å². The number of phosphoric acid groups is 1. The van der Waals surface area contributed by atoms with Crippen molar-refractivity contribution in [3.8, 4) is 0 Å². The third-order valence-electron chi connectivity index (χ3n) is 12.6. The van der Waals surface area contributed by atoms with Crippen LogP contribution in [-0.2, 0) is 27.9 Å². The first kappa shape index (κ1) is 69.2. The van der Waals surface area contributed by atoms with Crippen molar-refractivity contribution in [1.82, 2.24) is 5.32 Å². The summed E-state index contributed by atoms with van der Waals surface area (Å²) in [5, 5.41) is 3.00. The lowest BCUT2D eigenvalue weighted by molar-refractivity contribution is -0.870. The summed E-state index contributed by atoms with van der Waals surface area (Å²) in [5.41, 5.74) is 0. The van der Waals surface area contributed by atoms with Gasteiger partial charge in [-0.2, -0.15) is 0 Å². The van der Waals surface area contributed by atoms with E-state index in [4.69, 9.17) is 13.8 Å². The quantitative estimate of drug-likeness (QED) is 0.0212. The molecule has 9 nitrogen and oxygen atoms in total. The van der Waals surface area contributed by atoms with Gasteiger partial charge in [-0.15, -0.1) is 0 Å². The minimum atomic E-state index is -4.71. The number of nitrogens with one attached hydrogen (secondary N) is 1. The number of quaternary nitrogens is 1. The van der Waals surface area contributed by atoms with Gasteiger partial charge in [0.1, 0.15) is 19.3 Å². The molecular formula is C62H111N2O7P. The van der Waals surface area contributed by atoms with Crippen LogP contribution in [0.15, 0.2) is 85.1 Å². The number of hydrogen-bond donors (Lipinski definition) is 1. The van der Waals surface area contributed by atoms with E-state index in [2.05, 4.69) is 99.0 Å². The number of ether oxygens (including phenoxy) is 1. The van der Waals surface area contributed by atoms with Crippen molar-refractivity contribution in [3.05, 3.63) is 85.1 Å². The maximum Gasteiger partial charge on any atom is 0.306 e. The van der Waals surface area contributed by atoms with Gasteiger partial charge in [-0.25, -0.2) is 0 Å². The Bertz CT molecular complexity index is 1510. The third-order valence-corrected chi connectivity index (χ3v) is 13.5. The second-order valence-corrected chi connectivity index (χ2v) is 22.2. The van der Waals surface area contributed by atoms with E-state index in [-0.39, 0.29) is 18.9 Å². The molecule has 0 aromatic rings. The summed E-state index contributed by atoms with van der Waals surface area (Å²) in [6.45, 7) is 6.68. The number of phosphoric ester groups is 1. The summed E-state index contributed by atoms with van der Waals surface area (Å²) >= 11 is 0. The number of carbonyl (C=O) groups excluding carboxylic acids is 2. The van der Waals surface area contributed by atoms with Crippen LogP contribution in [-0.4, -0.2) is 69.4 Å². The highest BCUT2D eigenvalue weighted by atomic mass is 31.2. The van der Waals surface area contributed by atoms with E-state index in [1.807, 2.05) is 33.3 Å². The maximum absolute atomic E-state index is 13.5. The predicted molar refractivity (Wildman–Crippen MR) is 307 cm³/mol. The molecular weight excluding hydrogens is 916 g/mol. The minimum Gasteiger partial charge on any atom is -0.756 e. The number of carbonyl (C=O) groups is 2. The van der Waals surface area contributed by atoms with Crippen LogP contribution >= 0.6 is 7.82 Å². The number of rotatable bonds is 52. The van der Waals surface area contributed by atoms with Crippen molar-refractivity contribution >= 4 is 19.7 Å². The maximum atomic E-state index is 13.5. The fourth-order valence-electron chi connectivity index (χ4n) is 8.02. The SMILES string of the molecule is CC/C=C\C/C=C\C/C=C\C/C=C\C/C=C\CCCC(=O)OC(/C=C/CCCCCCCCCCCC)C(COP(=O)([O-])OCC[N+](C)(C)C)NC(=O)CCCCCCCCC/C=C/CCCCCCCC. The molecule has 72 heavy (non-hydrogen) atoms. The molecule has 0 aliphatic heterocycles. The zero-order valence-corrected chi connectivity index (χ0v) is 48.3. The van der Waals surface area contributed by atoms with Crippen LogP contribution in [0.25, 0.3) is 0 Å². The molecule has 0 aromatic heterocycles. The molecule has 0 aliphatic rings. The highest BCUT2D eigenvalue weighted by Gasteiger charge is 2.27. The van der Waals surface area contributed by atoms with Crippen molar-refractivity contribution in [2.45, 2.75) is 258 Å². The molecule has 416 valence electrons. The molecule has 0 heterocycles. The molecule has 0 radical (unpaired) electrons. The van der Waals surface area contributed by atoms with E-state index in [1.54, 1.807) is 0 Å². The highest BCUT2D eigenvalue weighted by Crippen LogP contribution is 2.38. The normalized spacial score (nSPS) is 14.4. The summed E-state index contributed by atoms with van der Waals surface area (Å²) in [7, 11) is 1.14. The van der Waals surface area contributed by atoms with Gasteiger partial charge in [0, 0.05) is 12.8 Å². The molecule has 0 spiro atoms. The topological polar surface area (TPSA) is 114 Å². The van der Waals surface area contributed by atoms with Crippen molar-refractivity contribution in [3.63, 3.8) is 0 Å². The van der Waals surface area contributed by atoms with Crippen LogP contribution in [0.2, 0.25) is 0 Å². The molecule has 0 bridgehead atoms. The van der Waals surface area contributed by atoms with Crippen LogP contribution < -0.4 is 10.2 Å². The Kier molecular flexibility index (Phi) is 49.6. The predicted octanol–water partition coefficient (Wildman–Crippen LogP) is 17.2. The number of esters is 1. The molecule has 0 saturated carbocycles. The van der Waals surface area contributed by atoms with Gasteiger partial charge in [-0.1, -0.05) is 222 Å². The summed E-state index contributed by atoms with van der Waals surface area (Å²) in [6.07, 6.45) is 67.0. The second kappa shape index (κ2) is 51.7. The number of likely N-dealkylation sites (N-methyl/N-ethyl adjacent to an activating group) is 1. The molecule has 10 heteroatoms. The van der Waals surface area contributed by atoms with Crippen molar-refractivity contribution in [2.75, 3.05) is 40.9 Å². The standard InChI is InChI=1S/C62H111N2O7P/c1-7-10-13-16-19-22-25-28-30-32-34-36-39-42-45-48-51-54-61(65)63-59(58-70-72(67,68)69-57-56-64(4,5)6)60(53-50-47-44-41-38-27-24-21-18-15-12-9-3)71-62(66)55-52-49-46-43-40-37-35-33-31-29-26-23-20-17-14-11-8-2/h11,14,20,23,28-31,35,37,43,46,50,53,59-60H,7-10,12-13,15-19,21-22,24-27,32-34,36,38-42,44-45,47-49,51-52,54-58H2,1-6H3,(H-,63,65,67,68)/b14-11-,23-20-,30-28+,31-29-,37-35-,46-43-,53-50+. The number of unbranched alkanes of at least 4 members (excludes halogenated alkanes) is 24. The van der Waals surface area contributed by atoms with Crippen molar-refractivity contribution in [1.29, 1.82) is 0 Å². The van der Waals surface area contributed by atoms with Gasteiger partial charge in [0.25, 0.3) is 7.82 Å². The average molecular weight is 1030 g/mol. The van der Waals surface area contributed by atoms with E-state index in [9.17, 15) is 19.0 Å². The van der Waals surface area contributed by atoms with Crippen LogP contribution in [0.4, 0.5) is 0 Å². The van der Waals surface area contributed by atoms with Crippen molar-refractivity contribution < 1.29 is 37.3 Å². The Morgan fingerprint density at radius 1 is 0.500 bits per heavy atom. The van der Waals surface area contributed by atoms with E-state index >= 15 is 0 Å². The Labute approximate surface area is 444 Å². The van der Waals surface area contributed by atoms with Crippen molar-refractivity contribution in [2.24, 2.45) is 0 Å². The van der Waals surface area contributed by atoms with Crippen LogP contribution in [0.3, 0.4) is 0 Å². The van der Waals surface area contributed by atoms with Gasteiger partial charge in [0.2, 0.25) is 5.91 Å². The molecule has 0 rings (SSSR count). The summed E-state index contributed by atoms with van der Waals surface area (Å²) in [6, 6.07) is -0.916. The summed E-state index contributed by atoms with van der Waals surface area (Å²) < 4.78 is 30.2. The highest BCUT2D eigenvalue weighted by molar-refractivity contribution is 7.45. The first-order valence-electron chi connectivity index (χ1n) is 29.4.